The van der Waals surface area contributed by atoms with Crippen molar-refractivity contribution >= 4 is 22.4 Å². The molecule has 0 bridgehead atoms. The van der Waals surface area contributed by atoms with E-state index in [1.54, 1.807) is 7.11 Å². The monoisotopic (exact) mass is 270 g/mol. The second kappa shape index (κ2) is 6.15. The molecule has 0 saturated carbocycles. The molecule has 2 rings (SSSR count). The quantitative estimate of drug-likeness (QED) is 0.881. The SMILES string of the molecule is COCC1CCCN(c2nc(CC(=O)O)cs2)C1. The molecule has 2 heterocycles. The van der Waals surface area contributed by atoms with Crippen molar-refractivity contribution in [1.82, 2.24) is 4.98 Å². The highest BCUT2D eigenvalue weighted by Crippen LogP contribution is 2.26. The number of thiazole rings is 1. The Labute approximate surface area is 110 Å². The lowest BCUT2D eigenvalue weighted by molar-refractivity contribution is -0.136. The predicted molar refractivity (Wildman–Crippen MR) is 70.3 cm³/mol. The van der Waals surface area contributed by atoms with Crippen LogP contribution in [-0.4, -0.2) is 42.9 Å². The molecular weight excluding hydrogens is 252 g/mol. The minimum atomic E-state index is -0.831. The van der Waals surface area contributed by atoms with Gasteiger partial charge in [0.25, 0.3) is 0 Å². The van der Waals surface area contributed by atoms with Crippen LogP contribution in [0, 0.1) is 5.92 Å². The maximum Gasteiger partial charge on any atom is 0.309 e. The number of hydrogen-bond acceptors (Lipinski definition) is 5. The van der Waals surface area contributed by atoms with Crippen LogP contribution in [0.25, 0.3) is 0 Å². The summed E-state index contributed by atoms with van der Waals surface area (Å²) < 4.78 is 5.20. The van der Waals surface area contributed by atoms with E-state index in [0.717, 1.165) is 31.2 Å². The largest absolute Gasteiger partial charge is 0.481 e. The van der Waals surface area contributed by atoms with Gasteiger partial charge < -0.3 is 14.7 Å². The molecule has 0 aliphatic carbocycles. The molecule has 5 nitrogen and oxygen atoms in total. The molecule has 1 aromatic rings. The molecule has 6 heteroatoms. The fraction of sp³-hybridized carbons (Fsp3) is 0.667. The zero-order valence-corrected chi connectivity index (χ0v) is 11.3. The van der Waals surface area contributed by atoms with Crippen molar-refractivity contribution in [2.45, 2.75) is 19.3 Å². The Balaban J connectivity index is 1.97. The van der Waals surface area contributed by atoms with Gasteiger partial charge in [0.15, 0.2) is 5.13 Å². The van der Waals surface area contributed by atoms with E-state index in [2.05, 4.69) is 9.88 Å². The third kappa shape index (κ3) is 3.43. The van der Waals surface area contributed by atoms with Gasteiger partial charge >= 0.3 is 5.97 Å². The molecule has 0 radical (unpaired) electrons. The van der Waals surface area contributed by atoms with Gasteiger partial charge in [0, 0.05) is 25.6 Å². The summed E-state index contributed by atoms with van der Waals surface area (Å²) in [6.07, 6.45) is 2.34. The van der Waals surface area contributed by atoms with Crippen LogP contribution in [0.15, 0.2) is 5.38 Å². The van der Waals surface area contributed by atoms with E-state index >= 15 is 0 Å². The van der Waals surface area contributed by atoms with Gasteiger partial charge in [-0.3, -0.25) is 4.79 Å². The first-order valence-corrected chi connectivity index (χ1v) is 6.97. The second-order valence-electron chi connectivity index (χ2n) is 4.60. The molecule has 1 aliphatic heterocycles. The van der Waals surface area contributed by atoms with Crippen molar-refractivity contribution < 1.29 is 14.6 Å². The van der Waals surface area contributed by atoms with E-state index in [4.69, 9.17) is 9.84 Å². The third-order valence-electron chi connectivity index (χ3n) is 3.06. The summed E-state index contributed by atoms with van der Waals surface area (Å²) in [5.41, 5.74) is 0.649. The number of aliphatic carboxylic acids is 1. The Hall–Kier alpha value is -1.14. The molecule has 1 unspecified atom stereocenters. The van der Waals surface area contributed by atoms with Gasteiger partial charge in [-0.1, -0.05) is 0 Å². The van der Waals surface area contributed by atoms with Gasteiger partial charge in [0.2, 0.25) is 0 Å². The Kier molecular flexibility index (Phi) is 4.54. The summed E-state index contributed by atoms with van der Waals surface area (Å²) in [5, 5.41) is 11.5. The number of carboxylic acids is 1. The molecule has 0 aromatic carbocycles. The highest BCUT2D eigenvalue weighted by atomic mass is 32.1. The van der Waals surface area contributed by atoms with Crippen molar-refractivity contribution in [3.63, 3.8) is 0 Å². The van der Waals surface area contributed by atoms with E-state index in [1.807, 2.05) is 5.38 Å². The zero-order chi connectivity index (χ0) is 13.0. The normalized spacial score (nSPS) is 20.1. The van der Waals surface area contributed by atoms with Crippen LogP contribution in [0.4, 0.5) is 5.13 Å². The third-order valence-corrected chi connectivity index (χ3v) is 4.01. The molecule has 1 aliphatic rings. The van der Waals surface area contributed by atoms with E-state index < -0.39 is 5.97 Å². The number of nitrogens with zero attached hydrogens (tertiary/aromatic N) is 2. The van der Waals surface area contributed by atoms with Crippen LogP contribution in [0.3, 0.4) is 0 Å². The number of aromatic nitrogens is 1. The lowest BCUT2D eigenvalue weighted by atomic mass is 9.99. The highest BCUT2D eigenvalue weighted by molar-refractivity contribution is 7.13. The first-order valence-electron chi connectivity index (χ1n) is 6.09. The summed E-state index contributed by atoms with van der Waals surface area (Å²) in [5.74, 6) is -0.279. The molecule has 1 aromatic heterocycles. The number of rotatable bonds is 5. The van der Waals surface area contributed by atoms with Crippen LogP contribution in [-0.2, 0) is 16.0 Å². The van der Waals surface area contributed by atoms with Gasteiger partial charge in [-0.05, 0) is 18.8 Å². The number of anilines is 1. The maximum atomic E-state index is 10.6. The van der Waals surface area contributed by atoms with Crippen molar-refractivity contribution in [3.8, 4) is 0 Å². The number of carboxylic acid groups (broad SMARTS) is 1. The Bertz CT molecular complexity index is 406. The van der Waals surface area contributed by atoms with Crippen molar-refractivity contribution in [3.05, 3.63) is 11.1 Å². The minimum absolute atomic E-state index is 0.00579. The fourth-order valence-electron chi connectivity index (χ4n) is 2.29. The predicted octanol–water partition coefficient (Wildman–Crippen LogP) is 1.63. The van der Waals surface area contributed by atoms with E-state index in [1.165, 1.54) is 17.8 Å². The average molecular weight is 270 g/mol. The van der Waals surface area contributed by atoms with Crippen molar-refractivity contribution in [2.75, 3.05) is 31.7 Å². The fourth-order valence-corrected chi connectivity index (χ4v) is 3.15. The molecule has 1 N–H and O–H groups in total. The molecule has 100 valence electrons. The molecule has 1 fully saturated rings. The lowest BCUT2D eigenvalue weighted by Gasteiger charge is -2.32. The van der Waals surface area contributed by atoms with Crippen LogP contribution in [0.1, 0.15) is 18.5 Å². The molecule has 1 saturated heterocycles. The standard InChI is InChI=1S/C12H18N2O3S/c1-17-7-9-3-2-4-14(6-9)12-13-10(8-18-12)5-11(15)16/h8-9H,2-7H2,1H3,(H,15,16). The smallest absolute Gasteiger partial charge is 0.309 e. The first kappa shape index (κ1) is 13.3. The van der Waals surface area contributed by atoms with Gasteiger partial charge in [0.05, 0.1) is 18.7 Å². The molecule has 18 heavy (non-hydrogen) atoms. The average Bonchev–Trinajstić information content (AvgIpc) is 2.77. The van der Waals surface area contributed by atoms with Gasteiger partial charge in [-0.15, -0.1) is 11.3 Å². The van der Waals surface area contributed by atoms with E-state index in [0.29, 0.717) is 11.6 Å². The van der Waals surface area contributed by atoms with Crippen molar-refractivity contribution in [2.24, 2.45) is 5.92 Å². The summed E-state index contributed by atoms with van der Waals surface area (Å²) in [7, 11) is 1.73. The Morgan fingerprint density at radius 1 is 1.72 bits per heavy atom. The molecule has 1 atom stereocenters. The summed E-state index contributed by atoms with van der Waals surface area (Å²) in [6.45, 7) is 2.73. The molecular formula is C12H18N2O3S. The van der Waals surface area contributed by atoms with Crippen LogP contribution in [0.5, 0.6) is 0 Å². The number of carbonyl (C=O) groups is 1. The van der Waals surface area contributed by atoms with Crippen LogP contribution >= 0.6 is 11.3 Å². The number of methoxy groups -OCH3 is 1. The Morgan fingerprint density at radius 3 is 3.28 bits per heavy atom. The zero-order valence-electron chi connectivity index (χ0n) is 10.5. The van der Waals surface area contributed by atoms with Gasteiger partial charge in [-0.2, -0.15) is 0 Å². The van der Waals surface area contributed by atoms with Crippen LogP contribution < -0.4 is 4.90 Å². The van der Waals surface area contributed by atoms with E-state index in [-0.39, 0.29) is 6.42 Å². The first-order chi connectivity index (χ1) is 8.69. The molecule has 0 amide bonds. The number of hydrogen-bond donors (Lipinski definition) is 1. The number of piperidine rings is 1. The van der Waals surface area contributed by atoms with E-state index in [9.17, 15) is 4.79 Å². The highest BCUT2D eigenvalue weighted by Gasteiger charge is 2.22. The Morgan fingerprint density at radius 2 is 2.56 bits per heavy atom. The lowest BCUT2D eigenvalue weighted by Crippen LogP contribution is -2.37. The topological polar surface area (TPSA) is 62.7 Å². The number of ether oxygens (including phenoxy) is 1. The van der Waals surface area contributed by atoms with Gasteiger partial charge in [-0.25, -0.2) is 4.98 Å². The summed E-state index contributed by atoms with van der Waals surface area (Å²) in [4.78, 5) is 17.3. The summed E-state index contributed by atoms with van der Waals surface area (Å²) in [6, 6.07) is 0. The minimum Gasteiger partial charge on any atom is -0.481 e. The summed E-state index contributed by atoms with van der Waals surface area (Å²) >= 11 is 1.53. The van der Waals surface area contributed by atoms with Gasteiger partial charge in [0.1, 0.15) is 0 Å². The maximum absolute atomic E-state index is 10.6. The van der Waals surface area contributed by atoms with Crippen molar-refractivity contribution in [1.29, 1.82) is 0 Å². The van der Waals surface area contributed by atoms with Crippen LogP contribution in [0.2, 0.25) is 0 Å². The second-order valence-corrected chi connectivity index (χ2v) is 5.44. The molecule has 0 spiro atoms.